The van der Waals surface area contributed by atoms with Gasteiger partial charge in [0.05, 0.1) is 6.61 Å². The first-order valence-electron chi connectivity index (χ1n) is 5.87. The maximum Gasteiger partial charge on any atom is 0.241 e. The molecule has 1 unspecified atom stereocenters. The molecule has 1 atom stereocenters. The molecule has 0 radical (unpaired) electrons. The molecule has 6 nitrogen and oxygen atoms in total. The summed E-state index contributed by atoms with van der Waals surface area (Å²) in [7, 11) is 0. The molecular weight excluding hydrogens is 220 g/mol. The molecule has 0 bridgehead atoms. The van der Waals surface area contributed by atoms with Gasteiger partial charge in [0.2, 0.25) is 5.91 Å². The SMILES string of the molecule is Nc1ccn(CC(=O)NCC2CCCOC2)n1. The Bertz CT molecular complexity index is 371. The number of nitrogens with one attached hydrogen (secondary N) is 1. The van der Waals surface area contributed by atoms with Crippen LogP contribution in [0.25, 0.3) is 0 Å². The van der Waals surface area contributed by atoms with Gasteiger partial charge in [0.1, 0.15) is 12.4 Å². The Morgan fingerprint density at radius 1 is 1.71 bits per heavy atom. The van der Waals surface area contributed by atoms with Gasteiger partial charge in [0.15, 0.2) is 0 Å². The van der Waals surface area contributed by atoms with Gasteiger partial charge >= 0.3 is 0 Å². The Morgan fingerprint density at radius 2 is 2.59 bits per heavy atom. The van der Waals surface area contributed by atoms with Crippen LogP contribution in [0.1, 0.15) is 12.8 Å². The highest BCUT2D eigenvalue weighted by atomic mass is 16.5. The molecule has 0 aliphatic carbocycles. The highest BCUT2D eigenvalue weighted by Crippen LogP contribution is 2.11. The van der Waals surface area contributed by atoms with Crippen molar-refractivity contribution in [3.8, 4) is 0 Å². The maximum atomic E-state index is 11.6. The minimum Gasteiger partial charge on any atom is -0.382 e. The summed E-state index contributed by atoms with van der Waals surface area (Å²) >= 11 is 0. The Hall–Kier alpha value is -1.56. The minimum atomic E-state index is -0.0429. The second-order valence-electron chi connectivity index (χ2n) is 4.33. The van der Waals surface area contributed by atoms with Crippen LogP contribution in [0.3, 0.4) is 0 Å². The third kappa shape index (κ3) is 3.74. The smallest absolute Gasteiger partial charge is 0.241 e. The number of carbonyl (C=O) groups excluding carboxylic acids is 1. The van der Waals surface area contributed by atoms with Crippen molar-refractivity contribution in [1.82, 2.24) is 15.1 Å². The molecule has 3 N–H and O–H groups in total. The van der Waals surface area contributed by atoms with E-state index in [9.17, 15) is 4.79 Å². The van der Waals surface area contributed by atoms with E-state index in [4.69, 9.17) is 10.5 Å². The third-order valence-corrected chi connectivity index (χ3v) is 2.81. The van der Waals surface area contributed by atoms with Gasteiger partial charge < -0.3 is 15.8 Å². The van der Waals surface area contributed by atoms with Crippen LogP contribution in [0.5, 0.6) is 0 Å². The van der Waals surface area contributed by atoms with Gasteiger partial charge in [-0.05, 0) is 24.8 Å². The predicted octanol–water partition coefficient (Wildman–Crippen LogP) is 0.00810. The number of nitrogen functional groups attached to an aromatic ring is 1. The van der Waals surface area contributed by atoms with Gasteiger partial charge in [-0.2, -0.15) is 5.10 Å². The first-order valence-corrected chi connectivity index (χ1v) is 5.87. The normalized spacial score (nSPS) is 20.1. The summed E-state index contributed by atoms with van der Waals surface area (Å²) in [4.78, 5) is 11.6. The van der Waals surface area contributed by atoms with Crippen LogP contribution >= 0.6 is 0 Å². The maximum absolute atomic E-state index is 11.6. The number of hydrogen-bond acceptors (Lipinski definition) is 4. The van der Waals surface area contributed by atoms with Crippen LogP contribution < -0.4 is 11.1 Å². The van der Waals surface area contributed by atoms with Crippen LogP contribution in [-0.4, -0.2) is 35.4 Å². The second-order valence-corrected chi connectivity index (χ2v) is 4.33. The fourth-order valence-corrected chi connectivity index (χ4v) is 1.90. The number of anilines is 1. The molecule has 0 spiro atoms. The second kappa shape index (κ2) is 5.67. The Kier molecular flexibility index (Phi) is 3.98. The lowest BCUT2D eigenvalue weighted by Gasteiger charge is -2.22. The van der Waals surface area contributed by atoms with Crippen molar-refractivity contribution in [2.75, 3.05) is 25.5 Å². The van der Waals surface area contributed by atoms with E-state index in [1.807, 2.05) is 0 Å². The van der Waals surface area contributed by atoms with Gasteiger partial charge in [0.25, 0.3) is 0 Å². The summed E-state index contributed by atoms with van der Waals surface area (Å²) < 4.78 is 6.88. The van der Waals surface area contributed by atoms with Crippen molar-refractivity contribution in [2.45, 2.75) is 19.4 Å². The lowest BCUT2D eigenvalue weighted by atomic mass is 10.0. The largest absolute Gasteiger partial charge is 0.382 e. The molecule has 1 fully saturated rings. The van der Waals surface area contributed by atoms with Crippen molar-refractivity contribution in [3.05, 3.63) is 12.3 Å². The van der Waals surface area contributed by atoms with Crippen LogP contribution in [0.15, 0.2) is 12.3 Å². The molecule has 2 rings (SSSR count). The highest BCUT2D eigenvalue weighted by molar-refractivity contribution is 5.75. The Morgan fingerprint density at radius 3 is 3.24 bits per heavy atom. The van der Waals surface area contributed by atoms with Gasteiger partial charge in [-0.1, -0.05) is 0 Å². The van der Waals surface area contributed by atoms with Crippen molar-refractivity contribution in [2.24, 2.45) is 5.92 Å². The highest BCUT2D eigenvalue weighted by Gasteiger charge is 2.14. The van der Waals surface area contributed by atoms with Gasteiger partial charge in [-0.15, -0.1) is 0 Å². The molecule has 94 valence electrons. The standard InChI is InChI=1S/C11H18N4O2/c12-10-3-4-15(14-10)7-11(16)13-6-9-2-1-5-17-8-9/h3-4,9H,1-2,5-8H2,(H2,12,14)(H,13,16). The molecule has 6 heteroatoms. The number of hydrogen-bond donors (Lipinski definition) is 2. The number of amides is 1. The van der Waals surface area contributed by atoms with Crippen molar-refractivity contribution in [1.29, 1.82) is 0 Å². The number of ether oxygens (including phenoxy) is 1. The summed E-state index contributed by atoms with van der Waals surface area (Å²) in [6.07, 6.45) is 3.89. The fourth-order valence-electron chi connectivity index (χ4n) is 1.90. The van der Waals surface area contributed by atoms with Crippen molar-refractivity contribution < 1.29 is 9.53 Å². The van der Waals surface area contributed by atoms with E-state index in [1.165, 1.54) is 4.68 Å². The zero-order valence-electron chi connectivity index (χ0n) is 9.76. The topological polar surface area (TPSA) is 82.2 Å². The molecule has 2 heterocycles. The van der Waals surface area contributed by atoms with E-state index in [-0.39, 0.29) is 12.5 Å². The molecule has 0 saturated carbocycles. The van der Waals surface area contributed by atoms with Crippen molar-refractivity contribution in [3.63, 3.8) is 0 Å². The van der Waals surface area contributed by atoms with E-state index >= 15 is 0 Å². The lowest BCUT2D eigenvalue weighted by Crippen LogP contribution is -2.35. The minimum absolute atomic E-state index is 0.0429. The molecule has 1 aromatic rings. The number of aromatic nitrogens is 2. The van der Waals surface area contributed by atoms with Crippen LogP contribution in [0, 0.1) is 5.92 Å². The van der Waals surface area contributed by atoms with Gasteiger partial charge in [-0.25, -0.2) is 0 Å². The van der Waals surface area contributed by atoms with E-state index in [2.05, 4.69) is 10.4 Å². The van der Waals surface area contributed by atoms with Crippen LogP contribution in [-0.2, 0) is 16.1 Å². The van der Waals surface area contributed by atoms with Crippen molar-refractivity contribution >= 4 is 11.7 Å². The quantitative estimate of drug-likeness (QED) is 0.774. The van der Waals surface area contributed by atoms with Crippen LogP contribution in [0.4, 0.5) is 5.82 Å². The molecule has 1 aromatic heterocycles. The molecule has 17 heavy (non-hydrogen) atoms. The summed E-state index contributed by atoms with van der Waals surface area (Å²) in [5.41, 5.74) is 5.47. The number of rotatable bonds is 4. The summed E-state index contributed by atoms with van der Waals surface area (Å²) in [6, 6.07) is 1.67. The van der Waals surface area contributed by atoms with E-state index in [0.29, 0.717) is 18.3 Å². The average molecular weight is 238 g/mol. The molecule has 0 aromatic carbocycles. The molecule has 1 amide bonds. The number of nitrogens with two attached hydrogens (primary N) is 1. The molecule has 1 aliphatic heterocycles. The van der Waals surface area contributed by atoms with Crippen LogP contribution in [0.2, 0.25) is 0 Å². The summed E-state index contributed by atoms with van der Waals surface area (Å²) in [6.45, 7) is 2.48. The van der Waals surface area contributed by atoms with E-state index in [1.54, 1.807) is 12.3 Å². The Labute approximate surface area is 100 Å². The van der Waals surface area contributed by atoms with Gasteiger partial charge in [-0.3, -0.25) is 9.48 Å². The molecule has 1 saturated heterocycles. The first kappa shape index (κ1) is 11.9. The monoisotopic (exact) mass is 238 g/mol. The average Bonchev–Trinajstić information content (AvgIpc) is 2.73. The number of carbonyl (C=O) groups is 1. The third-order valence-electron chi connectivity index (χ3n) is 2.81. The lowest BCUT2D eigenvalue weighted by molar-refractivity contribution is -0.122. The summed E-state index contributed by atoms with van der Waals surface area (Å²) in [5.74, 6) is 0.826. The Balaban J connectivity index is 1.70. The molecule has 1 aliphatic rings. The predicted molar refractivity (Wildman–Crippen MR) is 63.2 cm³/mol. The zero-order chi connectivity index (χ0) is 12.1. The first-order chi connectivity index (χ1) is 8.24. The summed E-state index contributed by atoms with van der Waals surface area (Å²) in [5, 5.41) is 6.84. The van der Waals surface area contributed by atoms with E-state index in [0.717, 1.165) is 26.1 Å². The zero-order valence-corrected chi connectivity index (χ0v) is 9.76. The van der Waals surface area contributed by atoms with E-state index < -0.39 is 0 Å². The van der Waals surface area contributed by atoms with Gasteiger partial charge in [0, 0.05) is 19.3 Å². The fraction of sp³-hybridized carbons (Fsp3) is 0.636. The number of nitrogens with zero attached hydrogens (tertiary/aromatic N) is 2. The molecular formula is C11H18N4O2.